The first-order valence-electron chi connectivity index (χ1n) is 11.6. The minimum Gasteiger partial charge on any atom is -0.352 e. The van der Waals surface area contributed by atoms with E-state index in [1.165, 1.54) is 12.1 Å². The summed E-state index contributed by atoms with van der Waals surface area (Å²) in [6.07, 6.45) is -2.73. The number of nitrogens with zero attached hydrogens (tertiary/aromatic N) is 3. The van der Waals surface area contributed by atoms with E-state index in [2.05, 4.69) is 15.2 Å². The van der Waals surface area contributed by atoms with Gasteiger partial charge in [-0.3, -0.25) is 4.98 Å². The molecule has 4 nitrogen and oxygen atoms in total. The van der Waals surface area contributed by atoms with E-state index >= 15 is 0 Å². The summed E-state index contributed by atoms with van der Waals surface area (Å²) in [7, 11) is 0. The number of pyridine rings is 1. The Morgan fingerprint density at radius 3 is 2.33 bits per heavy atom. The Hall–Kier alpha value is -3.65. The van der Waals surface area contributed by atoms with Gasteiger partial charge in [-0.05, 0) is 67.5 Å². The van der Waals surface area contributed by atoms with Crippen LogP contribution < -0.4 is 5.32 Å². The summed E-state index contributed by atoms with van der Waals surface area (Å²) in [5.74, 6) is 0. The number of benzene rings is 2. The van der Waals surface area contributed by atoms with Gasteiger partial charge in [0, 0.05) is 24.1 Å². The second kappa shape index (κ2) is 9.43. The van der Waals surface area contributed by atoms with Crippen LogP contribution in [-0.4, -0.2) is 19.6 Å². The zero-order valence-electron chi connectivity index (χ0n) is 19.8. The van der Waals surface area contributed by atoms with Crippen molar-refractivity contribution in [3.8, 4) is 5.69 Å². The fourth-order valence-electron chi connectivity index (χ4n) is 5.06. The number of hydrogen-bond acceptors (Lipinski definition) is 2. The highest BCUT2D eigenvalue weighted by Gasteiger charge is 2.42. The van der Waals surface area contributed by atoms with Gasteiger partial charge >= 0.3 is 6.18 Å². The Morgan fingerprint density at radius 1 is 0.944 bits per heavy atom. The minimum absolute atomic E-state index is 0.115. The molecule has 36 heavy (non-hydrogen) atoms. The van der Waals surface area contributed by atoms with Crippen LogP contribution in [0.15, 0.2) is 85.1 Å². The molecule has 2 aromatic heterocycles. The Morgan fingerprint density at radius 2 is 1.64 bits per heavy atom. The number of hydrogen-bond donors (Lipinski definition) is 1. The van der Waals surface area contributed by atoms with Gasteiger partial charge in [0.15, 0.2) is 5.11 Å². The summed E-state index contributed by atoms with van der Waals surface area (Å²) in [5.41, 5.74) is 3.72. The van der Waals surface area contributed by atoms with Gasteiger partial charge in [-0.2, -0.15) is 13.2 Å². The molecule has 1 N–H and O–H groups in total. The molecule has 0 radical (unpaired) electrons. The molecule has 0 aliphatic carbocycles. The number of rotatable bonds is 5. The molecule has 8 heteroatoms. The number of alkyl halides is 3. The zero-order valence-corrected chi connectivity index (χ0v) is 20.6. The molecule has 0 bridgehead atoms. The molecule has 184 valence electrons. The van der Waals surface area contributed by atoms with E-state index in [0.29, 0.717) is 11.7 Å². The molecule has 1 fully saturated rings. The first kappa shape index (κ1) is 24.1. The van der Waals surface area contributed by atoms with Crippen molar-refractivity contribution in [3.05, 3.63) is 119 Å². The maximum atomic E-state index is 13.9. The van der Waals surface area contributed by atoms with E-state index in [1.54, 1.807) is 16.8 Å². The van der Waals surface area contributed by atoms with Crippen LogP contribution in [0.25, 0.3) is 5.69 Å². The van der Waals surface area contributed by atoms with Gasteiger partial charge < -0.3 is 14.8 Å². The highest BCUT2D eigenvalue weighted by Crippen LogP contribution is 2.43. The maximum Gasteiger partial charge on any atom is 0.418 e. The van der Waals surface area contributed by atoms with Crippen LogP contribution in [0.5, 0.6) is 0 Å². The monoisotopic (exact) mass is 506 g/mol. The lowest BCUT2D eigenvalue weighted by Gasteiger charge is -2.28. The van der Waals surface area contributed by atoms with Gasteiger partial charge in [0.1, 0.15) is 0 Å². The fourth-order valence-corrected chi connectivity index (χ4v) is 5.37. The highest BCUT2D eigenvalue weighted by molar-refractivity contribution is 7.80. The summed E-state index contributed by atoms with van der Waals surface area (Å²) in [6, 6.07) is 22.9. The largest absolute Gasteiger partial charge is 0.418 e. The van der Waals surface area contributed by atoms with E-state index < -0.39 is 11.7 Å². The van der Waals surface area contributed by atoms with Crippen LogP contribution in [0.3, 0.4) is 0 Å². The summed E-state index contributed by atoms with van der Waals surface area (Å²) < 4.78 is 43.4. The lowest BCUT2D eigenvalue weighted by molar-refractivity contribution is -0.137. The first-order chi connectivity index (χ1) is 17.3. The van der Waals surface area contributed by atoms with E-state index in [-0.39, 0.29) is 17.8 Å². The van der Waals surface area contributed by atoms with Crippen LogP contribution in [0, 0.1) is 13.8 Å². The quantitative estimate of drug-likeness (QED) is 0.306. The first-order valence-corrected chi connectivity index (χ1v) is 12.0. The number of aryl methyl sites for hydroxylation is 1. The molecule has 1 aliphatic rings. The SMILES string of the molecule is Cc1cc([C@@H]2[C@@H](c3ccccn3)NC(=S)N2Cc2ccccc2)c(C)n1-c1ccccc1C(F)(F)F. The van der Waals surface area contributed by atoms with Crippen molar-refractivity contribution in [1.29, 1.82) is 0 Å². The molecule has 0 spiro atoms. The molecule has 5 rings (SSSR count). The third-order valence-corrected chi connectivity index (χ3v) is 6.99. The molecule has 2 atom stereocenters. The highest BCUT2D eigenvalue weighted by atomic mass is 32.1. The van der Waals surface area contributed by atoms with E-state index in [9.17, 15) is 13.2 Å². The molecule has 4 aromatic rings. The van der Waals surface area contributed by atoms with Gasteiger partial charge in [0.25, 0.3) is 0 Å². The summed E-state index contributed by atoms with van der Waals surface area (Å²) >= 11 is 5.77. The molecule has 0 unspecified atom stereocenters. The molecule has 1 saturated heterocycles. The van der Waals surface area contributed by atoms with Crippen molar-refractivity contribution in [2.75, 3.05) is 0 Å². The summed E-state index contributed by atoms with van der Waals surface area (Å²) in [4.78, 5) is 6.67. The Kier molecular flexibility index (Phi) is 6.30. The Labute approximate surface area is 213 Å². The molecule has 2 aromatic carbocycles. The van der Waals surface area contributed by atoms with Crippen molar-refractivity contribution in [2.45, 2.75) is 38.7 Å². The number of halogens is 3. The van der Waals surface area contributed by atoms with E-state index in [0.717, 1.165) is 34.3 Å². The van der Waals surface area contributed by atoms with Gasteiger partial charge in [-0.15, -0.1) is 0 Å². The second-order valence-electron chi connectivity index (χ2n) is 8.92. The maximum absolute atomic E-state index is 13.9. The van der Waals surface area contributed by atoms with Gasteiger partial charge in [-0.1, -0.05) is 48.5 Å². The standard InChI is InChI=1S/C28H25F3N4S/c1-18-16-21(19(2)35(18)24-14-7-6-12-22(24)28(29,30)31)26-25(23-13-8-9-15-32-23)33-27(36)34(26)17-20-10-4-3-5-11-20/h3-16,25-26H,17H2,1-2H3,(H,33,36)/t25-,26-/m1/s1. The average molecular weight is 507 g/mol. The number of para-hydroxylation sites is 1. The van der Waals surface area contributed by atoms with E-state index in [4.69, 9.17) is 12.2 Å². The van der Waals surface area contributed by atoms with Gasteiger partial charge in [0.05, 0.1) is 29.0 Å². The smallest absolute Gasteiger partial charge is 0.352 e. The molecule has 0 saturated carbocycles. The average Bonchev–Trinajstić information content (AvgIpc) is 3.34. The van der Waals surface area contributed by atoms with Crippen molar-refractivity contribution in [2.24, 2.45) is 0 Å². The lowest BCUT2D eigenvalue weighted by Crippen LogP contribution is -2.29. The van der Waals surface area contributed by atoms with Crippen LogP contribution in [-0.2, 0) is 12.7 Å². The van der Waals surface area contributed by atoms with Crippen molar-refractivity contribution < 1.29 is 13.2 Å². The van der Waals surface area contributed by atoms with Crippen molar-refractivity contribution in [3.63, 3.8) is 0 Å². The van der Waals surface area contributed by atoms with Gasteiger partial charge in [-0.25, -0.2) is 0 Å². The number of aromatic nitrogens is 2. The summed E-state index contributed by atoms with van der Waals surface area (Å²) in [5, 5.41) is 4.01. The molecular formula is C28H25F3N4S. The normalized spacial score (nSPS) is 17.9. The molecule has 1 aliphatic heterocycles. The molecule has 3 heterocycles. The Balaban J connectivity index is 1.65. The third kappa shape index (κ3) is 4.37. The van der Waals surface area contributed by atoms with Crippen LogP contribution in [0.2, 0.25) is 0 Å². The lowest BCUT2D eigenvalue weighted by atomic mass is 9.96. The van der Waals surface area contributed by atoms with Crippen LogP contribution >= 0.6 is 12.2 Å². The van der Waals surface area contributed by atoms with Crippen molar-refractivity contribution >= 4 is 17.3 Å². The van der Waals surface area contributed by atoms with Crippen LogP contribution in [0.1, 0.15) is 45.9 Å². The predicted octanol–water partition coefficient (Wildman–Crippen LogP) is 6.68. The summed E-state index contributed by atoms with van der Waals surface area (Å²) in [6.45, 7) is 4.26. The zero-order chi connectivity index (χ0) is 25.4. The van der Waals surface area contributed by atoms with Gasteiger partial charge in [0.2, 0.25) is 0 Å². The predicted molar refractivity (Wildman–Crippen MR) is 138 cm³/mol. The second-order valence-corrected chi connectivity index (χ2v) is 9.30. The minimum atomic E-state index is -4.47. The Bertz CT molecular complexity index is 1380. The van der Waals surface area contributed by atoms with E-state index in [1.807, 2.05) is 68.4 Å². The topological polar surface area (TPSA) is 33.1 Å². The number of nitrogens with one attached hydrogen (secondary N) is 1. The molecular weight excluding hydrogens is 481 g/mol. The third-order valence-electron chi connectivity index (χ3n) is 6.63. The number of thiocarbonyl (C=S) groups is 1. The van der Waals surface area contributed by atoms with Crippen LogP contribution in [0.4, 0.5) is 13.2 Å². The molecule has 0 amide bonds. The van der Waals surface area contributed by atoms with Crippen molar-refractivity contribution in [1.82, 2.24) is 19.8 Å². The fraction of sp³-hybridized carbons (Fsp3) is 0.214.